The Labute approximate surface area is 285 Å². The molecule has 0 aromatic carbocycles. The van der Waals surface area contributed by atoms with E-state index in [0.29, 0.717) is 39.6 Å². The molecule has 280 valence electrons. The molecule has 0 saturated carbocycles. The smallest absolute Gasteiger partial charge is 0.190 e. The van der Waals surface area contributed by atoms with Crippen molar-refractivity contribution in [1.29, 1.82) is 0 Å². The van der Waals surface area contributed by atoms with Crippen LogP contribution in [0.5, 0.6) is 0 Å². The first-order valence-corrected chi connectivity index (χ1v) is 18.9. The van der Waals surface area contributed by atoms with E-state index in [2.05, 4.69) is 41.5 Å². The molecule has 2 heterocycles. The van der Waals surface area contributed by atoms with E-state index in [1.165, 1.54) is 0 Å². The molecule has 2 fully saturated rings. The first-order valence-electron chi connectivity index (χ1n) is 18.9. The summed E-state index contributed by atoms with van der Waals surface area (Å²) in [5.74, 6) is 0. The molecule has 0 radical (unpaired) electrons. The van der Waals surface area contributed by atoms with Gasteiger partial charge in [-0.15, -0.1) is 0 Å². The number of ether oxygens (including phenoxy) is 9. The van der Waals surface area contributed by atoms with Crippen LogP contribution in [0.2, 0.25) is 0 Å². The fraction of sp³-hybridized carbons (Fsp3) is 1.00. The zero-order valence-electron chi connectivity index (χ0n) is 30.5. The maximum absolute atomic E-state index is 10.5. The molecule has 11 heteroatoms. The number of hydrogen-bond acceptors (Lipinski definition) is 11. The van der Waals surface area contributed by atoms with E-state index in [4.69, 9.17) is 42.6 Å². The lowest BCUT2D eigenvalue weighted by Gasteiger charge is -2.49. The fourth-order valence-corrected chi connectivity index (χ4v) is 5.72. The van der Waals surface area contributed by atoms with Gasteiger partial charge in [0.15, 0.2) is 12.6 Å². The minimum atomic E-state index is -0.961. The van der Waals surface area contributed by atoms with Crippen molar-refractivity contribution in [3.05, 3.63) is 0 Å². The Bertz CT molecular complexity index is 673. The van der Waals surface area contributed by atoms with E-state index in [9.17, 15) is 10.2 Å². The summed E-state index contributed by atoms with van der Waals surface area (Å²) < 4.78 is 58.3. The van der Waals surface area contributed by atoms with Gasteiger partial charge in [0.2, 0.25) is 0 Å². The number of hydrogen-bond donors (Lipinski definition) is 2. The third kappa shape index (κ3) is 14.4. The third-order valence-electron chi connectivity index (χ3n) is 8.66. The molecule has 0 bridgehead atoms. The first kappa shape index (κ1) is 42.7. The normalized spacial score (nSPS) is 31.4. The van der Waals surface area contributed by atoms with Crippen LogP contribution in [0.25, 0.3) is 0 Å². The Morgan fingerprint density at radius 3 is 0.894 bits per heavy atom. The second kappa shape index (κ2) is 26.4. The van der Waals surface area contributed by atoms with Gasteiger partial charge in [-0.25, -0.2) is 0 Å². The Morgan fingerprint density at radius 1 is 0.383 bits per heavy atom. The average molecular weight is 679 g/mol. The molecule has 6 unspecified atom stereocenters. The molecule has 0 spiro atoms. The van der Waals surface area contributed by atoms with E-state index in [0.717, 1.165) is 77.0 Å². The van der Waals surface area contributed by atoms with Gasteiger partial charge in [-0.1, -0.05) is 80.1 Å². The summed E-state index contributed by atoms with van der Waals surface area (Å²) in [6.07, 6.45) is 4.30. The van der Waals surface area contributed by atoms with E-state index in [-0.39, 0.29) is 13.2 Å². The average Bonchev–Trinajstić information content (AvgIpc) is 3.08. The van der Waals surface area contributed by atoms with Crippen LogP contribution in [-0.4, -0.2) is 124 Å². The monoisotopic (exact) mass is 678 g/mol. The third-order valence-corrected chi connectivity index (χ3v) is 8.66. The Hall–Kier alpha value is -0.440. The highest BCUT2D eigenvalue weighted by molar-refractivity contribution is 4.96. The van der Waals surface area contributed by atoms with Gasteiger partial charge >= 0.3 is 0 Å². The largest absolute Gasteiger partial charge is 0.394 e. The van der Waals surface area contributed by atoms with Crippen molar-refractivity contribution in [3.8, 4) is 0 Å². The van der Waals surface area contributed by atoms with Crippen molar-refractivity contribution >= 4 is 0 Å². The van der Waals surface area contributed by atoms with Gasteiger partial charge in [-0.2, -0.15) is 0 Å². The van der Waals surface area contributed by atoms with Crippen LogP contribution in [0.3, 0.4) is 0 Å². The second-order valence-corrected chi connectivity index (χ2v) is 12.7. The molecule has 10 atom stereocenters. The van der Waals surface area contributed by atoms with Crippen LogP contribution in [0, 0.1) is 0 Å². The molecule has 0 aliphatic carbocycles. The van der Waals surface area contributed by atoms with Crippen LogP contribution >= 0.6 is 0 Å². The molecular weight excluding hydrogens is 608 g/mol. The van der Waals surface area contributed by atoms with E-state index in [1.54, 1.807) is 0 Å². The summed E-state index contributed by atoms with van der Waals surface area (Å²) in [5.41, 5.74) is 0. The predicted molar refractivity (Wildman–Crippen MR) is 180 cm³/mol. The van der Waals surface area contributed by atoms with Crippen molar-refractivity contribution in [1.82, 2.24) is 0 Å². The summed E-state index contributed by atoms with van der Waals surface area (Å²) in [7, 11) is 0. The Balaban J connectivity index is 2.48. The summed E-state index contributed by atoms with van der Waals surface area (Å²) in [6.45, 7) is 15.2. The van der Waals surface area contributed by atoms with Crippen LogP contribution in [0.15, 0.2) is 0 Å². The second-order valence-electron chi connectivity index (χ2n) is 12.7. The van der Waals surface area contributed by atoms with Crippen LogP contribution in [-0.2, 0) is 42.6 Å². The van der Waals surface area contributed by atoms with Crippen molar-refractivity contribution < 1.29 is 52.8 Å². The number of aliphatic hydroxyl groups is 2. The molecule has 0 amide bonds. The van der Waals surface area contributed by atoms with Gasteiger partial charge < -0.3 is 52.8 Å². The van der Waals surface area contributed by atoms with Crippen LogP contribution in [0.4, 0.5) is 0 Å². The van der Waals surface area contributed by atoms with Crippen LogP contribution < -0.4 is 0 Å². The molecule has 11 nitrogen and oxygen atoms in total. The quantitative estimate of drug-likeness (QED) is 0.101. The first-order chi connectivity index (χ1) is 23.0. The van der Waals surface area contributed by atoms with Gasteiger partial charge in [-0.3, -0.25) is 0 Å². The van der Waals surface area contributed by atoms with Crippen molar-refractivity contribution in [2.75, 3.05) is 52.9 Å². The van der Waals surface area contributed by atoms with Gasteiger partial charge in [0.25, 0.3) is 0 Å². The number of aliphatic hydroxyl groups excluding tert-OH is 2. The summed E-state index contributed by atoms with van der Waals surface area (Å²) in [6, 6.07) is 0. The maximum atomic E-state index is 10.5. The van der Waals surface area contributed by atoms with Crippen molar-refractivity contribution in [3.63, 3.8) is 0 Å². The number of unbranched alkanes of at least 4 members (excludes halogenated alkanes) is 6. The van der Waals surface area contributed by atoms with Crippen molar-refractivity contribution in [2.45, 2.75) is 180 Å². The molecule has 2 aliphatic rings. The van der Waals surface area contributed by atoms with E-state index >= 15 is 0 Å². The molecule has 0 aromatic rings. The van der Waals surface area contributed by atoms with E-state index in [1.807, 2.05) is 0 Å². The zero-order chi connectivity index (χ0) is 34.3. The van der Waals surface area contributed by atoms with Gasteiger partial charge in [-0.05, 0) is 38.5 Å². The standard InChI is InChI=1S/C36H70O11/c1-7-13-19-39-29-27(25-37)45-35(33(43-23-17-11-5)31(29)41-21-15-9-3)47-36-34(44-24-18-12-6)32(42-22-16-10-4)30(28(26-38)46-36)40-20-14-8-2/h27-38H,7-26H2,1-6H3/t27?,28?,29-,30-,31?,32?,33?,34?,35-,36-/m1/s1. The SMILES string of the molecule is CCCCOC1C(OCCCC)[C@H](OCCCC)C(CO)O[C@@H]1O[C@H]1OC(CO)[C@@H](OCCCC)C(OCCCC)C1OCCCC. The lowest BCUT2D eigenvalue weighted by atomic mass is 9.96. The highest BCUT2D eigenvalue weighted by Crippen LogP contribution is 2.35. The topological polar surface area (TPSA) is 124 Å². The zero-order valence-corrected chi connectivity index (χ0v) is 30.5. The number of rotatable bonds is 28. The van der Waals surface area contributed by atoms with Crippen LogP contribution in [0.1, 0.15) is 119 Å². The lowest BCUT2D eigenvalue weighted by Crippen LogP contribution is -2.66. The summed E-state index contributed by atoms with van der Waals surface area (Å²) in [5, 5.41) is 21.0. The molecule has 2 saturated heterocycles. The molecular formula is C36H70O11. The predicted octanol–water partition coefficient (Wildman–Crippen LogP) is 5.55. The summed E-state index contributed by atoms with van der Waals surface area (Å²) >= 11 is 0. The Kier molecular flexibility index (Phi) is 24.0. The molecule has 2 aliphatic heterocycles. The minimum absolute atomic E-state index is 0.275. The Morgan fingerprint density at radius 2 is 0.638 bits per heavy atom. The highest BCUT2D eigenvalue weighted by atomic mass is 16.8. The highest BCUT2D eigenvalue weighted by Gasteiger charge is 2.53. The lowest BCUT2D eigenvalue weighted by molar-refractivity contribution is -0.390. The fourth-order valence-electron chi connectivity index (χ4n) is 5.72. The molecule has 2 N–H and O–H groups in total. The van der Waals surface area contributed by atoms with E-state index < -0.39 is 61.4 Å². The minimum Gasteiger partial charge on any atom is -0.394 e. The van der Waals surface area contributed by atoms with Gasteiger partial charge in [0, 0.05) is 39.6 Å². The van der Waals surface area contributed by atoms with Crippen molar-refractivity contribution in [2.24, 2.45) is 0 Å². The van der Waals surface area contributed by atoms with Gasteiger partial charge in [0.05, 0.1) is 13.2 Å². The maximum Gasteiger partial charge on any atom is 0.190 e. The molecule has 0 aromatic heterocycles. The van der Waals surface area contributed by atoms with Gasteiger partial charge in [0.1, 0.15) is 48.8 Å². The summed E-state index contributed by atoms with van der Waals surface area (Å²) in [4.78, 5) is 0. The molecule has 47 heavy (non-hydrogen) atoms. The molecule has 2 rings (SSSR count).